The summed E-state index contributed by atoms with van der Waals surface area (Å²) in [6.45, 7) is 7.27. The molecule has 0 heterocycles. The second kappa shape index (κ2) is 10.7. The van der Waals surface area contributed by atoms with Crippen LogP contribution in [-0.4, -0.2) is 19.5 Å². The Bertz CT molecular complexity index is 841. The Morgan fingerprint density at radius 1 is 0.690 bits per heavy atom. The van der Waals surface area contributed by atoms with Crippen LogP contribution in [0.2, 0.25) is 0 Å². The molecule has 3 heteroatoms. The molecule has 0 aromatic heterocycles. The molecule has 0 aliphatic rings. The normalized spacial score (nSPS) is 12.9. The van der Waals surface area contributed by atoms with Crippen molar-refractivity contribution in [3.8, 4) is 22.6 Å². The van der Waals surface area contributed by atoms with Gasteiger partial charge in [-0.3, -0.25) is 0 Å². The molecular formula is C26H30O3. The summed E-state index contributed by atoms with van der Waals surface area (Å²) in [4.78, 5) is 0. The minimum absolute atomic E-state index is 0.325. The number of benzene rings is 3. The van der Waals surface area contributed by atoms with Crippen molar-refractivity contribution in [3.63, 3.8) is 0 Å². The van der Waals surface area contributed by atoms with E-state index in [0.717, 1.165) is 17.9 Å². The van der Waals surface area contributed by atoms with Crippen molar-refractivity contribution in [2.24, 2.45) is 0 Å². The van der Waals surface area contributed by atoms with E-state index in [1.165, 1.54) is 16.7 Å². The van der Waals surface area contributed by atoms with Gasteiger partial charge in [0.1, 0.15) is 18.1 Å². The third kappa shape index (κ3) is 6.37. The van der Waals surface area contributed by atoms with E-state index in [-0.39, 0.29) is 6.29 Å². The van der Waals surface area contributed by atoms with Crippen molar-refractivity contribution in [2.75, 3.05) is 13.2 Å². The van der Waals surface area contributed by atoms with Gasteiger partial charge in [0.25, 0.3) is 0 Å². The number of hydrogen-bond acceptors (Lipinski definition) is 3. The maximum atomic E-state index is 5.82. The van der Waals surface area contributed by atoms with Gasteiger partial charge in [-0.15, -0.1) is 0 Å². The van der Waals surface area contributed by atoms with Crippen molar-refractivity contribution in [2.45, 2.75) is 39.4 Å². The fourth-order valence-corrected chi connectivity index (χ4v) is 3.08. The zero-order chi connectivity index (χ0) is 20.5. The SMILES string of the molecule is CCC(C)c1ccc(OC(C)OCCOc2ccc(-c3ccccc3)cc2)cc1. The molecule has 0 bridgehead atoms. The van der Waals surface area contributed by atoms with E-state index >= 15 is 0 Å². The van der Waals surface area contributed by atoms with Gasteiger partial charge in [0.15, 0.2) is 6.29 Å². The van der Waals surface area contributed by atoms with Gasteiger partial charge in [0, 0.05) is 0 Å². The minimum atomic E-state index is -0.325. The summed E-state index contributed by atoms with van der Waals surface area (Å²) in [5.74, 6) is 2.22. The molecule has 0 spiro atoms. The monoisotopic (exact) mass is 390 g/mol. The van der Waals surface area contributed by atoms with Crippen molar-refractivity contribution >= 4 is 0 Å². The standard InChI is InChI=1S/C26H30O3/c1-4-20(2)22-10-16-26(17-11-22)29-21(3)27-18-19-28-25-14-12-24(13-15-25)23-8-6-5-7-9-23/h5-17,20-21H,4,18-19H2,1-3H3. The average molecular weight is 391 g/mol. The van der Waals surface area contributed by atoms with Gasteiger partial charge in [-0.25, -0.2) is 0 Å². The predicted molar refractivity (Wildman–Crippen MR) is 119 cm³/mol. The molecule has 29 heavy (non-hydrogen) atoms. The van der Waals surface area contributed by atoms with Crippen LogP contribution in [0.5, 0.6) is 11.5 Å². The molecular weight excluding hydrogens is 360 g/mol. The highest BCUT2D eigenvalue weighted by Crippen LogP contribution is 2.23. The lowest BCUT2D eigenvalue weighted by Gasteiger charge is -2.17. The lowest BCUT2D eigenvalue weighted by molar-refractivity contribution is -0.0739. The molecule has 2 unspecified atom stereocenters. The second-order valence-electron chi connectivity index (χ2n) is 7.17. The lowest BCUT2D eigenvalue weighted by Crippen LogP contribution is -2.19. The van der Waals surface area contributed by atoms with E-state index < -0.39 is 0 Å². The van der Waals surface area contributed by atoms with Crippen LogP contribution in [0.3, 0.4) is 0 Å². The fraction of sp³-hybridized carbons (Fsp3) is 0.308. The zero-order valence-corrected chi connectivity index (χ0v) is 17.5. The van der Waals surface area contributed by atoms with E-state index in [1.807, 2.05) is 49.4 Å². The molecule has 3 aromatic carbocycles. The quantitative estimate of drug-likeness (QED) is 0.285. The Labute approximate surface area is 174 Å². The van der Waals surface area contributed by atoms with Gasteiger partial charge in [-0.1, -0.05) is 68.4 Å². The molecule has 2 atom stereocenters. The summed E-state index contributed by atoms with van der Waals surface area (Å²) in [5.41, 5.74) is 3.71. The highest BCUT2D eigenvalue weighted by atomic mass is 16.7. The molecule has 0 saturated heterocycles. The summed E-state index contributed by atoms with van der Waals surface area (Å²) >= 11 is 0. The molecule has 0 aliphatic heterocycles. The maximum absolute atomic E-state index is 5.82. The lowest BCUT2D eigenvalue weighted by atomic mass is 9.99. The van der Waals surface area contributed by atoms with E-state index in [9.17, 15) is 0 Å². The number of ether oxygens (including phenoxy) is 3. The van der Waals surface area contributed by atoms with Gasteiger partial charge in [0.05, 0.1) is 6.61 Å². The zero-order valence-electron chi connectivity index (χ0n) is 17.5. The summed E-state index contributed by atoms with van der Waals surface area (Å²) < 4.78 is 17.3. The maximum Gasteiger partial charge on any atom is 0.197 e. The first-order chi connectivity index (χ1) is 14.2. The molecule has 0 saturated carbocycles. The molecule has 3 rings (SSSR count). The summed E-state index contributed by atoms with van der Waals surface area (Å²) in [5, 5.41) is 0. The highest BCUT2D eigenvalue weighted by molar-refractivity contribution is 5.63. The molecule has 152 valence electrons. The average Bonchev–Trinajstić information content (AvgIpc) is 2.78. The van der Waals surface area contributed by atoms with E-state index in [1.54, 1.807) is 0 Å². The fourth-order valence-electron chi connectivity index (χ4n) is 3.08. The third-order valence-electron chi connectivity index (χ3n) is 5.03. The van der Waals surface area contributed by atoms with Crippen molar-refractivity contribution < 1.29 is 14.2 Å². The van der Waals surface area contributed by atoms with Crippen molar-refractivity contribution in [1.29, 1.82) is 0 Å². The van der Waals surface area contributed by atoms with E-state index in [0.29, 0.717) is 19.1 Å². The first-order valence-corrected chi connectivity index (χ1v) is 10.3. The summed E-state index contributed by atoms with van der Waals surface area (Å²) in [6, 6.07) is 26.7. The Kier molecular flexibility index (Phi) is 7.71. The Morgan fingerprint density at radius 3 is 1.97 bits per heavy atom. The molecule has 0 aliphatic carbocycles. The van der Waals surface area contributed by atoms with Gasteiger partial charge >= 0.3 is 0 Å². The number of hydrogen-bond donors (Lipinski definition) is 0. The first-order valence-electron chi connectivity index (χ1n) is 10.3. The molecule has 0 radical (unpaired) electrons. The largest absolute Gasteiger partial charge is 0.491 e. The molecule has 0 N–H and O–H groups in total. The van der Waals surface area contributed by atoms with Crippen LogP contribution in [0.4, 0.5) is 0 Å². The third-order valence-corrected chi connectivity index (χ3v) is 5.03. The van der Waals surface area contributed by atoms with Gasteiger partial charge in [-0.2, -0.15) is 0 Å². The topological polar surface area (TPSA) is 27.7 Å². The second-order valence-corrected chi connectivity index (χ2v) is 7.17. The highest BCUT2D eigenvalue weighted by Gasteiger charge is 2.07. The van der Waals surface area contributed by atoms with Gasteiger partial charge < -0.3 is 14.2 Å². The Hall–Kier alpha value is -2.78. The Morgan fingerprint density at radius 2 is 1.31 bits per heavy atom. The van der Waals surface area contributed by atoms with Gasteiger partial charge in [-0.05, 0) is 60.2 Å². The van der Waals surface area contributed by atoms with Crippen LogP contribution in [0.1, 0.15) is 38.7 Å². The van der Waals surface area contributed by atoms with Crippen LogP contribution in [0.15, 0.2) is 78.9 Å². The predicted octanol–water partition coefficient (Wildman–Crippen LogP) is 6.69. The van der Waals surface area contributed by atoms with Crippen LogP contribution in [0, 0.1) is 0 Å². The van der Waals surface area contributed by atoms with Crippen molar-refractivity contribution in [3.05, 3.63) is 84.4 Å². The molecule has 3 aromatic rings. The summed E-state index contributed by atoms with van der Waals surface area (Å²) in [6.07, 6.45) is 0.808. The molecule has 3 nitrogen and oxygen atoms in total. The first kappa shape index (κ1) is 20.9. The van der Waals surface area contributed by atoms with E-state index in [4.69, 9.17) is 14.2 Å². The Balaban J connectivity index is 1.38. The minimum Gasteiger partial charge on any atom is -0.491 e. The molecule has 0 amide bonds. The smallest absolute Gasteiger partial charge is 0.197 e. The van der Waals surface area contributed by atoms with Gasteiger partial charge in [0.2, 0.25) is 0 Å². The summed E-state index contributed by atoms with van der Waals surface area (Å²) in [7, 11) is 0. The van der Waals surface area contributed by atoms with Crippen LogP contribution in [-0.2, 0) is 4.74 Å². The van der Waals surface area contributed by atoms with Crippen LogP contribution >= 0.6 is 0 Å². The number of rotatable bonds is 10. The van der Waals surface area contributed by atoms with Crippen LogP contribution in [0.25, 0.3) is 11.1 Å². The van der Waals surface area contributed by atoms with Crippen LogP contribution < -0.4 is 9.47 Å². The van der Waals surface area contributed by atoms with Crippen molar-refractivity contribution in [1.82, 2.24) is 0 Å². The molecule has 0 fully saturated rings. The van der Waals surface area contributed by atoms with E-state index in [2.05, 4.69) is 50.2 Å².